The largest absolute Gasteiger partial charge is 0.347 e. The van der Waals surface area contributed by atoms with E-state index in [2.05, 4.69) is 46.9 Å². The van der Waals surface area contributed by atoms with Crippen molar-refractivity contribution < 1.29 is 0 Å². The number of hydrogen-bond acceptors (Lipinski definition) is 1. The highest BCUT2D eigenvalue weighted by Crippen LogP contribution is 2.20. The Labute approximate surface area is 103 Å². The van der Waals surface area contributed by atoms with Gasteiger partial charge < -0.3 is 9.88 Å². The summed E-state index contributed by atoms with van der Waals surface area (Å²) < 4.78 is 2.35. The summed E-state index contributed by atoms with van der Waals surface area (Å²) >= 11 is 0. The van der Waals surface area contributed by atoms with E-state index in [0.717, 1.165) is 25.9 Å². The zero-order valence-electron chi connectivity index (χ0n) is 10.4. The number of para-hydroxylation sites is 1. The predicted octanol–water partition coefficient (Wildman–Crippen LogP) is 3.33. The van der Waals surface area contributed by atoms with E-state index in [4.69, 9.17) is 0 Å². The molecule has 0 amide bonds. The van der Waals surface area contributed by atoms with E-state index >= 15 is 0 Å². The van der Waals surface area contributed by atoms with Crippen LogP contribution in [-0.4, -0.2) is 11.6 Å². The Kier molecular flexibility index (Phi) is 3.99. The Morgan fingerprint density at radius 1 is 1.35 bits per heavy atom. The molecule has 0 unspecified atom stereocenters. The molecule has 1 aromatic heterocycles. The molecule has 90 valence electrons. The van der Waals surface area contributed by atoms with Gasteiger partial charge in [0.15, 0.2) is 0 Å². The maximum atomic E-state index is 3.77. The van der Waals surface area contributed by atoms with Crippen LogP contribution in [0.3, 0.4) is 0 Å². The fourth-order valence-corrected chi connectivity index (χ4v) is 2.27. The van der Waals surface area contributed by atoms with Gasteiger partial charge >= 0.3 is 0 Å². The van der Waals surface area contributed by atoms with Crippen molar-refractivity contribution in [3.05, 3.63) is 48.7 Å². The first-order valence-electron chi connectivity index (χ1n) is 6.19. The van der Waals surface area contributed by atoms with Crippen LogP contribution in [0.2, 0.25) is 0 Å². The van der Waals surface area contributed by atoms with Crippen molar-refractivity contribution >= 4 is 10.9 Å². The van der Waals surface area contributed by atoms with Crippen LogP contribution in [0.15, 0.2) is 43.1 Å². The molecular weight excluding hydrogens is 208 g/mol. The molecule has 0 aliphatic heterocycles. The van der Waals surface area contributed by atoms with Crippen LogP contribution in [0.1, 0.15) is 18.4 Å². The molecule has 2 nitrogen and oxygen atoms in total. The number of fused-ring (bicyclic) bond motifs is 1. The zero-order valence-corrected chi connectivity index (χ0v) is 10.4. The molecule has 2 heteroatoms. The SMILES string of the molecule is C=CCCCn1ccc2cccc(CNC)c21. The predicted molar refractivity (Wildman–Crippen MR) is 74.1 cm³/mol. The minimum atomic E-state index is 0.919. The van der Waals surface area contributed by atoms with Gasteiger partial charge in [0.2, 0.25) is 0 Å². The van der Waals surface area contributed by atoms with Crippen LogP contribution < -0.4 is 5.32 Å². The molecule has 0 aliphatic carbocycles. The van der Waals surface area contributed by atoms with Crippen molar-refractivity contribution in [1.29, 1.82) is 0 Å². The molecule has 2 rings (SSSR count). The smallest absolute Gasteiger partial charge is 0.0525 e. The summed E-state index contributed by atoms with van der Waals surface area (Å²) in [6.07, 6.45) is 6.40. The Morgan fingerprint density at radius 2 is 2.24 bits per heavy atom. The molecule has 2 aromatic rings. The van der Waals surface area contributed by atoms with Gasteiger partial charge in [-0.1, -0.05) is 24.3 Å². The van der Waals surface area contributed by atoms with E-state index < -0.39 is 0 Å². The Morgan fingerprint density at radius 3 is 3.00 bits per heavy atom. The third-order valence-corrected chi connectivity index (χ3v) is 3.05. The van der Waals surface area contributed by atoms with Gasteiger partial charge in [-0.05, 0) is 36.9 Å². The summed E-state index contributed by atoms with van der Waals surface area (Å²) in [6, 6.07) is 8.70. The van der Waals surface area contributed by atoms with Crippen molar-refractivity contribution in [3.8, 4) is 0 Å². The van der Waals surface area contributed by atoms with Crippen LogP contribution in [0.25, 0.3) is 10.9 Å². The molecule has 1 aromatic carbocycles. The fraction of sp³-hybridized carbons (Fsp3) is 0.333. The monoisotopic (exact) mass is 228 g/mol. The lowest BCUT2D eigenvalue weighted by Crippen LogP contribution is -2.07. The summed E-state index contributed by atoms with van der Waals surface area (Å²) in [6.45, 7) is 5.75. The summed E-state index contributed by atoms with van der Waals surface area (Å²) in [7, 11) is 1.99. The summed E-state index contributed by atoms with van der Waals surface area (Å²) in [4.78, 5) is 0. The first-order valence-corrected chi connectivity index (χ1v) is 6.19. The highest BCUT2D eigenvalue weighted by molar-refractivity contribution is 5.83. The molecule has 0 fully saturated rings. The van der Waals surface area contributed by atoms with E-state index in [0.29, 0.717) is 0 Å². The van der Waals surface area contributed by atoms with Crippen LogP contribution in [0.5, 0.6) is 0 Å². The van der Waals surface area contributed by atoms with Gasteiger partial charge in [-0.2, -0.15) is 0 Å². The number of nitrogens with one attached hydrogen (secondary N) is 1. The number of hydrogen-bond donors (Lipinski definition) is 1. The van der Waals surface area contributed by atoms with Gasteiger partial charge in [-0.3, -0.25) is 0 Å². The van der Waals surface area contributed by atoms with Gasteiger partial charge in [0.1, 0.15) is 0 Å². The molecule has 0 saturated heterocycles. The molecule has 0 bridgehead atoms. The Hall–Kier alpha value is -1.54. The number of unbranched alkanes of at least 4 members (excludes halogenated alkanes) is 1. The Balaban J connectivity index is 2.31. The van der Waals surface area contributed by atoms with E-state index in [-0.39, 0.29) is 0 Å². The fourth-order valence-electron chi connectivity index (χ4n) is 2.27. The molecule has 1 N–H and O–H groups in total. The number of aromatic nitrogens is 1. The van der Waals surface area contributed by atoms with Crippen LogP contribution in [-0.2, 0) is 13.1 Å². The number of nitrogens with zero attached hydrogens (tertiary/aromatic N) is 1. The molecule has 0 spiro atoms. The lowest BCUT2D eigenvalue weighted by atomic mass is 10.1. The van der Waals surface area contributed by atoms with Crippen molar-refractivity contribution in [2.45, 2.75) is 25.9 Å². The standard InChI is InChI=1S/C15H20N2/c1-3-4-5-10-17-11-9-13-7-6-8-14(12-16-2)15(13)17/h3,6-9,11,16H,1,4-5,10,12H2,2H3. The summed E-state index contributed by atoms with van der Waals surface area (Å²) in [5.74, 6) is 0. The molecule has 1 heterocycles. The minimum Gasteiger partial charge on any atom is -0.347 e. The van der Waals surface area contributed by atoms with E-state index in [1.54, 1.807) is 0 Å². The average Bonchev–Trinajstić information content (AvgIpc) is 2.75. The quantitative estimate of drug-likeness (QED) is 0.593. The second-order valence-electron chi connectivity index (χ2n) is 4.33. The average molecular weight is 228 g/mol. The van der Waals surface area contributed by atoms with Crippen LogP contribution in [0, 0.1) is 0 Å². The van der Waals surface area contributed by atoms with Gasteiger partial charge in [0, 0.05) is 19.3 Å². The van der Waals surface area contributed by atoms with Crippen LogP contribution in [0.4, 0.5) is 0 Å². The topological polar surface area (TPSA) is 17.0 Å². The van der Waals surface area contributed by atoms with E-state index in [9.17, 15) is 0 Å². The second-order valence-corrected chi connectivity index (χ2v) is 4.33. The van der Waals surface area contributed by atoms with Crippen molar-refractivity contribution in [1.82, 2.24) is 9.88 Å². The van der Waals surface area contributed by atoms with Gasteiger partial charge in [-0.15, -0.1) is 6.58 Å². The maximum absolute atomic E-state index is 3.77. The summed E-state index contributed by atoms with van der Waals surface area (Å²) in [5.41, 5.74) is 2.74. The van der Waals surface area contributed by atoms with Gasteiger partial charge in [0.05, 0.1) is 5.52 Å². The molecule has 0 aliphatic rings. The zero-order chi connectivity index (χ0) is 12.1. The number of allylic oxidation sites excluding steroid dienone is 1. The lowest BCUT2D eigenvalue weighted by molar-refractivity contribution is 0.667. The van der Waals surface area contributed by atoms with Gasteiger partial charge in [-0.25, -0.2) is 0 Å². The Bertz CT molecular complexity index is 497. The number of rotatable bonds is 6. The molecular formula is C15H20N2. The molecule has 0 saturated carbocycles. The highest BCUT2D eigenvalue weighted by atomic mass is 15.0. The normalized spacial score (nSPS) is 10.9. The summed E-state index contributed by atoms with van der Waals surface area (Å²) in [5, 5.41) is 4.56. The van der Waals surface area contributed by atoms with Crippen molar-refractivity contribution in [3.63, 3.8) is 0 Å². The second kappa shape index (κ2) is 5.69. The first-order chi connectivity index (χ1) is 8.36. The van der Waals surface area contributed by atoms with E-state index in [1.165, 1.54) is 16.5 Å². The first kappa shape index (κ1) is 11.9. The highest BCUT2D eigenvalue weighted by Gasteiger charge is 2.05. The molecule has 17 heavy (non-hydrogen) atoms. The number of benzene rings is 1. The minimum absolute atomic E-state index is 0.919. The number of aryl methyl sites for hydroxylation is 1. The third kappa shape index (κ3) is 2.59. The molecule has 0 radical (unpaired) electrons. The lowest BCUT2D eigenvalue weighted by Gasteiger charge is -2.09. The van der Waals surface area contributed by atoms with Crippen molar-refractivity contribution in [2.75, 3.05) is 7.05 Å². The van der Waals surface area contributed by atoms with Crippen molar-refractivity contribution in [2.24, 2.45) is 0 Å². The molecule has 0 atom stereocenters. The van der Waals surface area contributed by atoms with E-state index in [1.807, 2.05) is 13.1 Å². The third-order valence-electron chi connectivity index (χ3n) is 3.05. The van der Waals surface area contributed by atoms with Gasteiger partial charge in [0.25, 0.3) is 0 Å². The maximum Gasteiger partial charge on any atom is 0.0525 e. The van der Waals surface area contributed by atoms with Crippen LogP contribution >= 0.6 is 0 Å².